The van der Waals surface area contributed by atoms with Gasteiger partial charge in [-0.3, -0.25) is 9.59 Å². The SMILES string of the molecule is O=C(O)CCNC(=O)CCl. The Morgan fingerprint density at radius 1 is 1.50 bits per heavy atom. The summed E-state index contributed by atoms with van der Waals surface area (Å²) in [6, 6.07) is 0. The van der Waals surface area contributed by atoms with Crippen LogP contribution in [0.25, 0.3) is 0 Å². The molecule has 0 aromatic heterocycles. The van der Waals surface area contributed by atoms with Gasteiger partial charge < -0.3 is 10.4 Å². The maximum atomic E-state index is 10.4. The lowest BCUT2D eigenvalue weighted by Gasteiger charge is -1.97. The van der Waals surface area contributed by atoms with E-state index in [1.807, 2.05) is 0 Å². The minimum Gasteiger partial charge on any atom is -0.481 e. The van der Waals surface area contributed by atoms with Crippen LogP contribution in [-0.4, -0.2) is 29.4 Å². The van der Waals surface area contributed by atoms with Crippen molar-refractivity contribution in [3.63, 3.8) is 0 Å². The third kappa shape index (κ3) is 5.37. The summed E-state index contributed by atoms with van der Waals surface area (Å²) in [6.07, 6.45) is -0.0668. The average molecular weight is 166 g/mol. The van der Waals surface area contributed by atoms with E-state index in [0.717, 1.165) is 0 Å². The number of carboxylic acid groups (broad SMARTS) is 1. The maximum absolute atomic E-state index is 10.4. The summed E-state index contributed by atoms with van der Waals surface area (Å²) in [5, 5.41) is 10.4. The number of hydrogen-bond acceptors (Lipinski definition) is 2. The molecule has 4 nitrogen and oxygen atoms in total. The molecule has 0 aliphatic rings. The predicted octanol–water partition coefficient (Wildman–Crippen LogP) is -0.184. The van der Waals surface area contributed by atoms with Crippen LogP contribution >= 0.6 is 11.6 Å². The number of aliphatic carboxylic acids is 1. The van der Waals surface area contributed by atoms with Gasteiger partial charge in [-0.25, -0.2) is 0 Å². The van der Waals surface area contributed by atoms with E-state index in [9.17, 15) is 9.59 Å². The fourth-order valence-corrected chi connectivity index (χ4v) is 0.451. The molecule has 0 radical (unpaired) electrons. The molecule has 5 heteroatoms. The minimum absolute atomic E-state index is 0.0668. The summed E-state index contributed by atoms with van der Waals surface area (Å²) in [7, 11) is 0. The van der Waals surface area contributed by atoms with Crippen molar-refractivity contribution in [3.05, 3.63) is 0 Å². The Morgan fingerprint density at radius 2 is 2.10 bits per heavy atom. The van der Waals surface area contributed by atoms with Crippen LogP contribution in [0.5, 0.6) is 0 Å². The molecule has 0 fully saturated rings. The van der Waals surface area contributed by atoms with Gasteiger partial charge in [-0.1, -0.05) is 0 Å². The summed E-state index contributed by atoms with van der Waals surface area (Å²) in [4.78, 5) is 20.2. The first kappa shape index (κ1) is 9.23. The first-order valence-corrected chi connectivity index (χ1v) is 3.24. The number of carboxylic acids is 1. The molecule has 0 aliphatic heterocycles. The van der Waals surface area contributed by atoms with Gasteiger partial charge >= 0.3 is 5.97 Å². The Balaban J connectivity index is 3.20. The van der Waals surface area contributed by atoms with Gasteiger partial charge in [-0.2, -0.15) is 0 Å². The number of carbonyl (C=O) groups excluding carboxylic acids is 1. The molecular weight excluding hydrogens is 158 g/mol. The highest BCUT2D eigenvalue weighted by atomic mass is 35.5. The van der Waals surface area contributed by atoms with Gasteiger partial charge in [-0.15, -0.1) is 11.6 Å². The highest BCUT2D eigenvalue weighted by Gasteiger charge is 1.99. The Morgan fingerprint density at radius 3 is 2.50 bits per heavy atom. The summed E-state index contributed by atoms with van der Waals surface area (Å²) >= 11 is 5.11. The first-order valence-electron chi connectivity index (χ1n) is 2.71. The van der Waals surface area contributed by atoms with Crippen molar-refractivity contribution in [1.29, 1.82) is 0 Å². The van der Waals surface area contributed by atoms with Crippen LogP contribution < -0.4 is 5.32 Å². The fraction of sp³-hybridized carbons (Fsp3) is 0.600. The number of nitrogens with one attached hydrogen (secondary N) is 1. The molecule has 0 aliphatic carbocycles. The summed E-state index contributed by atoms with van der Waals surface area (Å²) in [5.74, 6) is -1.41. The normalized spacial score (nSPS) is 8.90. The van der Waals surface area contributed by atoms with Crippen molar-refractivity contribution >= 4 is 23.5 Å². The van der Waals surface area contributed by atoms with E-state index < -0.39 is 5.97 Å². The maximum Gasteiger partial charge on any atom is 0.305 e. The molecule has 58 valence electrons. The predicted molar refractivity (Wildman–Crippen MR) is 36.0 cm³/mol. The summed E-state index contributed by atoms with van der Waals surface area (Å²) < 4.78 is 0. The highest BCUT2D eigenvalue weighted by Crippen LogP contribution is 1.77. The molecule has 0 bridgehead atoms. The third-order valence-electron chi connectivity index (χ3n) is 0.782. The van der Waals surface area contributed by atoms with E-state index in [2.05, 4.69) is 5.32 Å². The molecule has 0 rings (SSSR count). The zero-order chi connectivity index (χ0) is 7.98. The lowest BCUT2D eigenvalue weighted by atomic mass is 10.4. The Kier molecular flexibility index (Phi) is 4.66. The third-order valence-corrected chi connectivity index (χ3v) is 1.03. The van der Waals surface area contributed by atoms with Crippen molar-refractivity contribution in [3.8, 4) is 0 Å². The second kappa shape index (κ2) is 5.05. The van der Waals surface area contributed by atoms with Crippen LogP contribution in [0.4, 0.5) is 0 Å². The van der Waals surface area contributed by atoms with Crippen LogP contribution in [0.1, 0.15) is 6.42 Å². The number of alkyl halides is 1. The topological polar surface area (TPSA) is 66.4 Å². The van der Waals surface area contributed by atoms with Crippen molar-refractivity contribution in [1.82, 2.24) is 5.32 Å². The lowest BCUT2D eigenvalue weighted by Crippen LogP contribution is -2.26. The highest BCUT2D eigenvalue weighted by molar-refractivity contribution is 6.27. The molecule has 0 saturated heterocycles. The molecule has 0 heterocycles. The van der Waals surface area contributed by atoms with E-state index in [1.165, 1.54) is 0 Å². The standard InChI is InChI=1S/C5H8ClNO3/c6-3-4(8)7-2-1-5(9)10/h1-3H2,(H,7,8)(H,9,10). The Hall–Kier alpha value is -0.770. The van der Waals surface area contributed by atoms with E-state index in [-0.39, 0.29) is 24.8 Å². The largest absolute Gasteiger partial charge is 0.481 e. The molecule has 0 saturated carbocycles. The van der Waals surface area contributed by atoms with Crippen molar-refractivity contribution in [2.75, 3.05) is 12.4 Å². The quantitative estimate of drug-likeness (QED) is 0.568. The van der Waals surface area contributed by atoms with Gasteiger partial charge in [0.2, 0.25) is 5.91 Å². The van der Waals surface area contributed by atoms with Crippen LogP contribution in [-0.2, 0) is 9.59 Å². The smallest absolute Gasteiger partial charge is 0.305 e. The van der Waals surface area contributed by atoms with Crippen molar-refractivity contribution in [2.45, 2.75) is 6.42 Å². The molecule has 0 spiro atoms. The zero-order valence-electron chi connectivity index (χ0n) is 5.26. The van der Waals surface area contributed by atoms with Gasteiger partial charge in [0, 0.05) is 6.54 Å². The van der Waals surface area contributed by atoms with E-state index in [1.54, 1.807) is 0 Å². The average Bonchev–Trinajstić information content (AvgIpc) is 1.87. The molecule has 0 aromatic rings. The second-order valence-electron chi connectivity index (χ2n) is 1.63. The fourth-order valence-electron chi connectivity index (χ4n) is 0.356. The van der Waals surface area contributed by atoms with Gasteiger partial charge in [0.25, 0.3) is 0 Å². The molecule has 0 aromatic carbocycles. The first-order chi connectivity index (χ1) is 4.66. The van der Waals surface area contributed by atoms with Gasteiger partial charge in [0.15, 0.2) is 0 Å². The molecule has 0 atom stereocenters. The van der Waals surface area contributed by atoms with Crippen LogP contribution in [0.2, 0.25) is 0 Å². The number of carbonyl (C=O) groups is 2. The van der Waals surface area contributed by atoms with Crippen molar-refractivity contribution < 1.29 is 14.7 Å². The van der Waals surface area contributed by atoms with Gasteiger partial charge in [0.05, 0.1) is 6.42 Å². The monoisotopic (exact) mass is 165 g/mol. The van der Waals surface area contributed by atoms with Gasteiger partial charge in [0.1, 0.15) is 5.88 Å². The molecular formula is C5H8ClNO3. The second-order valence-corrected chi connectivity index (χ2v) is 1.89. The van der Waals surface area contributed by atoms with Crippen LogP contribution in [0.3, 0.4) is 0 Å². The van der Waals surface area contributed by atoms with E-state index in [0.29, 0.717) is 0 Å². The number of hydrogen-bond donors (Lipinski definition) is 2. The van der Waals surface area contributed by atoms with Gasteiger partial charge in [-0.05, 0) is 0 Å². The Bertz CT molecular complexity index is 137. The van der Waals surface area contributed by atoms with E-state index in [4.69, 9.17) is 16.7 Å². The summed E-state index contributed by atoms with van der Waals surface area (Å²) in [6.45, 7) is 0.140. The summed E-state index contributed by atoms with van der Waals surface area (Å²) in [5.41, 5.74) is 0. The molecule has 10 heavy (non-hydrogen) atoms. The van der Waals surface area contributed by atoms with Crippen molar-refractivity contribution in [2.24, 2.45) is 0 Å². The number of halogens is 1. The number of rotatable bonds is 4. The van der Waals surface area contributed by atoms with Crippen LogP contribution in [0.15, 0.2) is 0 Å². The molecule has 1 amide bonds. The molecule has 0 unspecified atom stereocenters. The minimum atomic E-state index is -0.935. The lowest BCUT2D eigenvalue weighted by molar-refractivity contribution is -0.136. The van der Waals surface area contributed by atoms with E-state index >= 15 is 0 Å². The Labute approximate surface area is 63.2 Å². The zero-order valence-corrected chi connectivity index (χ0v) is 6.02. The number of amides is 1. The molecule has 2 N–H and O–H groups in total. The van der Waals surface area contributed by atoms with Crippen LogP contribution in [0, 0.1) is 0 Å².